The Morgan fingerprint density at radius 1 is 1.13 bits per heavy atom. The van der Waals surface area contributed by atoms with Crippen molar-refractivity contribution < 1.29 is 18.0 Å². The number of alkyl halides is 3. The van der Waals surface area contributed by atoms with Crippen molar-refractivity contribution in [1.29, 1.82) is 0 Å². The van der Waals surface area contributed by atoms with Gasteiger partial charge in [-0.05, 0) is 42.4 Å². The summed E-state index contributed by atoms with van der Waals surface area (Å²) in [6.45, 7) is 3.46. The molecular weight excluding hydrogens is 405 g/mol. The Labute approximate surface area is 180 Å². The third-order valence-corrected chi connectivity index (χ3v) is 5.41. The SMILES string of the molecule is C#Cc1cc(NC(=O)c2ccc(CN3CCN(C)CC3)c(C(F)(F)F)c2)ccc1CN. The average molecular weight is 430 g/mol. The number of anilines is 1. The number of hydrogen-bond acceptors (Lipinski definition) is 4. The molecule has 1 aliphatic rings. The third-order valence-electron chi connectivity index (χ3n) is 5.41. The number of nitrogens with zero attached hydrogens (tertiary/aromatic N) is 2. The van der Waals surface area contributed by atoms with E-state index in [0.717, 1.165) is 24.7 Å². The van der Waals surface area contributed by atoms with Crippen LogP contribution in [0, 0.1) is 12.3 Å². The van der Waals surface area contributed by atoms with Crippen molar-refractivity contribution in [1.82, 2.24) is 9.80 Å². The lowest BCUT2D eigenvalue weighted by Gasteiger charge is -2.33. The number of rotatable bonds is 5. The highest BCUT2D eigenvalue weighted by Crippen LogP contribution is 2.33. The predicted molar refractivity (Wildman–Crippen MR) is 114 cm³/mol. The van der Waals surface area contributed by atoms with E-state index in [1.165, 1.54) is 12.1 Å². The van der Waals surface area contributed by atoms with Crippen molar-refractivity contribution in [2.75, 3.05) is 38.5 Å². The van der Waals surface area contributed by atoms with E-state index < -0.39 is 17.6 Å². The molecule has 2 aromatic carbocycles. The van der Waals surface area contributed by atoms with E-state index in [-0.39, 0.29) is 24.2 Å². The lowest BCUT2D eigenvalue weighted by Crippen LogP contribution is -2.44. The molecular formula is C23H25F3N4O. The fourth-order valence-corrected chi connectivity index (χ4v) is 3.54. The molecule has 0 saturated carbocycles. The Bertz CT molecular complexity index is 989. The van der Waals surface area contributed by atoms with Crippen molar-refractivity contribution in [2.24, 2.45) is 5.73 Å². The van der Waals surface area contributed by atoms with Crippen LogP contribution in [-0.4, -0.2) is 48.9 Å². The second-order valence-corrected chi connectivity index (χ2v) is 7.62. The van der Waals surface area contributed by atoms with E-state index in [1.807, 2.05) is 11.9 Å². The van der Waals surface area contributed by atoms with Crippen LogP contribution in [0.25, 0.3) is 0 Å². The van der Waals surface area contributed by atoms with Crippen LogP contribution < -0.4 is 11.1 Å². The number of nitrogens with two attached hydrogens (primary N) is 1. The summed E-state index contributed by atoms with van der Waals surface area (Å²) < 4.78 is 41.2. The first-order chi connectivity index (χ1) is 14.7. The largest absolute Gasteiger partial charge is 0.416 e. The van der Waals surface area contributed by atoms with Crippen LogP contribution in [-0.2, 0) is 19.3 Å². The maximum absolute atomic E-state index is 13.7. The molecule has 1 fully saturated rings. The van der Waals surface area contributed by atoms with E-state index in [2.05, 4.69) is 16.1 Å². The van der Waals surface area contributed by atoms with Crippen molar-refractivity contribution in [3.05, 3.63) is 64.2 Å². The number of nitrogens with one attached hydrogen (secondary N) is 1. The molecule has 0 aromatic heterocycles. The number of piperazine rings is 1. The zero-order valence-electron chi connectivity index (χ0n) is 17.3. The van der Waals surface area contributed by atoms with Crippen LogP contribution >= 0.6 is 0 Å². The molecule has 1 heterocycles. The molecule has 0 unspecified atom stereocenters. The van der Waals surface area contributed by atoms with Gasteiger partial charge < -0.3 is 16.0 Å². The second kappa shape index (κ2) is 9.52. The van der Waals surface area contributed by atoms with Gasteiger partial charge in [-0.15, -0.1) is 6.42 Å². The zero-order chi connectivity index (χ0) is 22.6. The minimum atomic E-state index is -4.56. The number of carbonyl (C=O) groups excluding carboxylic acids is 1. The molecule has 0 aliphatic carbocycles. The summed E-state index contributed by atoms with van der Waals surface area (Å²) in [6.07, 6.45) is 0.898. The van der Waals surface area contributed by atoms with Crippen molar-refractivity contribution in [2.45, 2.75) is 19.3 Å². The number of halogens is 3. The Morgan fingerprint density at radius 2 is 1.81 bits per heavy atom. The van der Waals surface area contributed by atoms with Crippen molar-refractivity contribution in [3.63, 3.8) is 0 Å². The molecule has 0 spiro atoms. The number of terminal acetylenes is 1. The monoisotopic (exact) mass is 430 g/mol. The average Bonchev–Trinajstić information content (AvgIpc) is 2.74. The molecule has 1 amide bonds. The maximum atomic E-state index is 13.7. The quantitative estimate of drug-likeness (QED) is 0.716. The van der Waals surface area contributed by atoms with Crippen LogP contribution in [0.1, 0.15) is 32.6 Å². The first-order valence-corrected chi connectivity index (χ1v) is 9.93. The van der Waals surface area contributed by atoms with Gasteiger partial charge in [0.2, 0.25) is 0 Å². The van der Waals surface area contributed by atoms with Gasteiger partial charge in [0.25, 0.3) is 5.91 Å². The Morgan fingerprint density at radius 3 is 2.42 bits per heavy atom. The molecule has 5 nitrogen and oxygen atoms in total. The number of carbonyl (C=O) groups is 1. The Hall–Kier alpha value is -2.86. The summed E-state index contributed by atoms with van der Waals surface area (Å²) in [4.78, 5) is 16.7. The smallest absolute Gasteiger partial charge is 0.326 e. The van der Waals surface area contributed by atoms with Gasteiger partial charge >= 0.3 is 6.18 Å². The van der Waals surface area contributed by atoms with E-state index in [1.54, 1.807) is 18.2 Å². The van der Waals surface area contributed by atoms with Crippen molar-refractivity contribution >= 4 is 11.6 Å². The van der Waals surface area contributed by atoms with Gasteiger partial charge in [0.15, 0.2) is 0 Å². The summed E-state index contributed by atoms with van der Waals surface area (Å²) in [5, 5.41) is 2.61. The minimum absolute atomic E-state index is 0.0698. The second-order valence-electron chi connectivity index (χ2n) is 7.62. The normalized spacial score (nSPS) is 15.5. The first-order valence-electron chi connectivity index (χ1n) is 9.93. The summed E-state index contributed by atoms with van der Waals surface area (Å²) in [5.74, 6) is 1.85. The Balaban J connectivity index is 1.81. The molecule has 0 bridgehead atoms. The predicted octanol–water partition coefficient (Wildman–Crippen LogP) is 3.15. The van der Waals surface area contributed by atoms with Gasteiger partial charge in [-0.25, -0.2) is 0 Å². The molecule has 8 heteroatoms. The highest BCUT2D eigenvalue weighted by molar-refractivity contribution is 6.04. The van der Waals surface area contributed by atoms with E-state index >= 15 is 0 Å². The highest BCUT2D eigenvalue weighted by atomic mass is 19.4. The number of benzene rings is 2. The standard InChI is InChI=1S/C23H25F3N4O/c1-3-16-12-20(7-6-18(16)14-27)28-22(31)17-4-5-19(21(13-17)23(24,25)26)15-30-10-8-29(2)9-11-30/h1,4-7,12-13H,8-11,14-15,27H2,2H3,(H,28,31). The van der Waals surface area contributed by atoms with Gasteiger partial charge in [-0.2, -0.15) is 13.2 Å². The maximum Gasteiger partial charge on any atom is 0.416 e. The lowest BCUT2D eigenvalue weighted by atomic mass is 10.0. The fraction of sp³-hybridized carbons (Fsp3) is 0.348. The summed E-state index contributed by atoms with van der Waals surface area (Å²) in [6, 6.07) is 8.61. The van der Waals surface area contributed by atoms with Crippen LogP contribution in [0.5, 0.6) is 0 Å². The molecule has 3 N–H and O–H groups in total. The van der Waals surface area contributed by atoms with Crippen LogP contribution in [0.3, 0.4) is 0 Å². The van der Waals surface area contributed by atoms with E-state index in [0.29, 0.717) is 24.3 Å². The van der Waals surface area contributed by atoms with Gasteiger partial charge in [-0.1, -0.05) is 18.1 Å². The summed E-state index contributed by atoms with van der Waals surface area (Å²) >= 11 is 0. The first kappa shape index (κ1) is 22.8. The zero-order valence-corrected chi connectivity index (χ0v) is 17.3. The van der Waals surface area contributed by atoms with E-state index in [4.69, 9.17) is 12.2 Å². The molecule has 164 valence electrons. The number of hydrogen-bond donors (Lipinski definition) is 2. The van der Waals surface area contributed by atoms with Gasteiger partial charge in [-0.3, -0.25) is 9.69 Å². The molecule has 0 radical (unpaired) electrons. The number of likely N-dealkylation sites (N-methyl/N-ethyl adjacent to an activating group) is 1. The highest BCUT2D eigenvalue weighted by Gasteiger charge is 2.34. The number of amides is 1. The van der Waals surface area contributed by atoms with Crippen LogP contribution in [0.4, 0.5) is 18.9 Å². The topological polar surface area (TPSA) is 61.6 Å². The lowest BCUT2D eigenvalue weighted by molar-refractivity contribution is -0.138. The van der Waals surface area contributed by atoms with E-state index in [9.17, 15) is 18.0 Å². The van der Waals surface area contributed by atoms with Crippen LogP contribution in [0.15, 0.2) is 36.4 Å². The molecule has 0 atom stereocenters. The van der Waals surface area contributed by atoms with Crippen LogP contribution in [0.2, 0.25) is 0 Å². The molecule has 1 saturated heterocycles. The van der Waals surface area contributed by atoms with Gasteiger partial charge in [0.05, 0.1) is 5.56 Å². The van der Waals surface area contributed by atoms with Crippen molar-refractivity contribution in [3.8, 4) is 12.3 Å². The van der Waals surface area contributed by atoms with Gasteiger partial charge in [0.1, 0.15) is 0 Å². The fourth-order valence-electron chi connectivity index (χ4n) is 3.54. The van der Waals surface area contributed by atoms with Gasteiger partial charge in [0, 0.05) is 56.1 Å². The summed E-state index contributed by atoms with van der Waals surface area (Å²) in [7, 11) is 1.99. The Kier molecular flexibility index (Phi) is 7.01. The molecule has 2 aromatic rings. The third kappa shape index (κ3) is 5.64. The molecule has 1 aliphatic heterocycles. The molecule has 31 heavy (non-hydrogen) atoms. The minimum Gasteiger partial charge on any atom is -0.326 e. The summed E-state index contributed by atoms with van der Waals surface area (Å²) in [5.41, 5.74) is 6.59. The molecule has 3 rings (SSSR count).